The van der Waals surface area contributed by atoms with E-state index in [2.05, 4.69) is 10.3 Å². The van der Waals surface area contributed by atoms with E-state index in [-0.39, 0.29) is 11.7 Å². The van der Waals surface area contributed by atoms with E-state index in [1.165, 1.54) is 10.6 Å². The highest BCUT2D eigenvalue weighted by molar-refractivity contribution is 5.68. The van der Waals surface area contributed by atoms with Gasteiger partial charge in [0.2, 0.25) is 0 Å². The van der Waals surface area contributed by atoms with E-state index in [9.17, 15) is 23.4 Å². The molecule has 0 amide bonds. The second-order valence-corrected chi connectivity index (χ2v) is 6.25. The lowest BCUT2D eigenvalue weighted by atomic mass is 9.80. The highest BCUT2D eigenvalue weighted by Crippen LogP contribution is 2.33. The molecule has 1 aliphatic carbocycles. The highest BCUT2D eigenvalue weighted by Gasteiger charge is 2.38. The highest BCUT2D eigenvalue weighted by atomic mass is 19.4. The van der Waals surface area contributed by atoms with Crippen molar-refractivity contribution in [2.75, 3.05) is 5.32 Å². The summed E-state index contributed by atoms with van der Waals surface area (Å²) in [6.45, 7) is 1.94. The normalized spacial score (nSPS) is 28.2. The molecule has 2 aromatic heterocycles. The molecule has 0 aromatic carbocycles. The number of aromatic nitrogens is 2. The van der Waals surface area contributed by atoms with E-state index in [1.54, 1.807) is 12.1 Å². The van der Waals surface area contributed by atoms with E-state index >= 15 is 0 Å². The summed E-state index contributed by atoms with van der Waals surface area (Å²) in [7, 11) is 0. The van der Waals surface area contributed by atoms with Crippen molar-refractivity contribution < 1.29 is 23.4 Å². The van der Waals surface area contributed by atoms with Crippen molar-refractivity contribution >= 4 is 11.3 Å². The number of anilines is 1. The van der Waals surface area contributed by atoms with Gasteiger partial charge in [-0.25, -0.2) is 4.98 Å². The lowest BCUT2D eigenvalue weighted by Crippen LogP contribution is -2.49. The Labute approximate surface area is 137 Å². The minimum absolute atomic E-state index is 0.000776. The number of aliphatic hydroxyl groups is 2. The smallest absolute Gasteiger partial charge is 0.390 e. The molecule has 3 unspecified atom stereocenters. The summed E-state index contributed by atoms with van der Waals surface area (Å²) in [5.74, 6) is 0.0573. The topological polar surface area (TPSA) is 69.8 Å². The SMILES string of the molecule is CCC1CCC(Nc2nc(C(F)(F)F)cn3cccc23)C(O)[C@H]1O. The van der Waals surface area contributed by atoms with Crippen LogP contribution in [0.3, 0.4) is 0 Å². The second kappa shape index (κ2) is 6.25. The summed E-state index contributed by atoms with van der Waals surface area (Å²) >= 11 is 0. The predicted octanol–water partition coefficient (Wildman–Crippen LogP) is 2.68. The first-order valence-corrected chi connectivity index (χ1v) is 7.99. The van der Waals surface area contributed by atoms with E-state index < -0.39 is 30.1 Å². The molecule has 4 atom stereocenters. The summed E-state index contributed by atoms with van der Waals surface area (Å²) in [5.41, 5.74) is -0.520. The molecule has 0 bridgehead atoms. The number of nitrogens with zero attached hydrogens (tertiary/aromatic N) is 2. The van der Waals surface area contributed by atoms with Crippen LogP contribution in [0.1, 0.15) is 31.9 Å². The van der Waals surface area contributed by atoms with Crippen LogP contribution in [0.2, 0.25) is 0 Å². The van der Waals surface area contributed by atoms with Gasteiger partial charge in [-0.3, -0.25) is 0 Å². The number of aliphatic hydroxyl groups excluding tert-OH is 2. The summed E-state index contributed by atoms with van der Waals surface area (Å²) in [6, 6.07) is 2.73. The zero-order valence-corrected chi connectivity index (χ0v) is 13.2. The van der Waals surface area contributed by atoms with Gasteiger partial charge in [0.25, 0.3) is 0 Å². The van der Waals surface area contributed by atoms with Gasteiger partial charge in [-0.1, -0.05) is 13.3 Å². The van der Waals surface area contributed by atoms with Gasteiger partial charge in [0.05, 0.1) is 17.7 Å². The molecular weight excluding hydrogens is 323 g/mol. The average Bonchev–Trinajstić information content (AvgIpc) is 3.00. The molecular formula is C16H20F3N3O2. The van der Waals surface area contributed by atoms with Gasteiger partial charge in [-0.15, -0.1) is 0 Å². The number of rotatable bonds is 3. The number of halogens is 3. The maximum absolute atomic E-state index is 13.0. The molecule has 132 valence electrons. The predicted molar refractivity (Wildman–Crippen MR) is 82.6 cm³/mol. The fraction of sp³-hybridized carbons (Fsp3) is 0.562. The van der Waals surface area contributed by atoms with Crippen molar-refractivity contribution in [1.29, 1.82) is 0 Å². The van der Waals surface area contributed by atoms with E-state index in [0.29, 0.717) is 18.4 Å². The second-order valence-electron chi connectivity index (χ2n) is 6.25. The zero-order valence-electron chi connectivity index (χ0n) is 13.2. The van der Waals surface area contributed by atoms with Crippen molar-refractivity contribution in [3.05, 3.63) is 30.2 Å². The Balaban J connectivity index is 1.91. The van der Waals surface area contributed by atoms with E-state index in [4.69, 9.17) is 0 Å². The molecule has 2 aromatic rings. The van der Waals surface area contributed by atoms with Crippen molar-refractivity contribution in [1.82, 2.24) is 9.38 Å². The Hall–Kier alpha value is -1.80. The van der Waals surface area contributed by atoms with Crippen LogP contribution in [0, 0.1) is 5.92 Å². The third kappa shape index (κ3) is 3.08. The first kappa shape index (κ1) is 17.0. The van der Waals surface area contributed by atoms with E-state index in [0.717, 1.165) is 12.6 Å². The van der Waals surface area contributed by atoms with Crippen molar-refractivity contribution in [2.45, 2.75) is 50.6 Å². The molecule has 5 nitrogen and oxygen atoms in total. The molecule has 0 radical (unpaired) electrons. The standard InChI is InChI=1S/C16H20F3N3O2/c1-2-9-5-6-10(14(24)13(9)23)20-15-11-4-3-7-22(11)8-12(21-15)16(17,18)19/h3-4,7-10,13-14,23-24H,2,5-6H2,1H3,(H,20,21)/t9?,10?,13-,14?/m0/s1. The van der Waals surface area contributed by atoms with Crippen LogP contribution >= 0.6 is 0 Å². The zero-order chi connectivity index (χ0) is 17.5. The van der Waals surface area contributed by atoms with Crippen LogP contribution in [-0.2, 0) is 6.18 Å². The molecule has 0 saturated heterocycles. The van der Waals surface area contributed by atoms with Crippen LogP contribution in [0.4, 0.5) is 19.0 Å². The number of hydrogen-bond donors (Lipinski definition) is 3. The minimum atomic E-state index is -4.56. The van der Waals surface area contributed by atoms with Crippen LogP contribution in [0.15, 0.2) is 24.5 Å². The van der Waals surface area contributed by atoms with Gasteiger partial charge >= 0.3 is 6.18 Å². The number of hydrogen-bond acceptors (Lipinski definition) is 4. The largest absolute Gasteiger partial charge is 0.434 e. The summed E-state index contributed by atoms with van der Waals surface area (Å²) in [5, 5.41) is 23.3. The van der Waals surface area contributed by atoms with Gasteiger partial charge in [0.1, 0.15) is 6.10 Å². The Morgan fingerprint density at radius 2 is 2.04 bits per heavy atom. The molecule has 2 heterocycles. The molecule has 3 N–H and O–H groups in total. The summed E-state index contributed by atoms with van der Waals surface area (Å²) in [4.78, 5) is 3.69. The Morgan fingerprint density at radius 3 is 2.71 bits per heavy atom. The summed E-state index contributed by atoms with van der Waals surface area (Å²) < 4.78 is 40.4. The molecule has 0 spiro atoms. The maximum atomic E-state index is 13.0. The molecule has 24 heavy (non-hydrogen) atoms. The molecule has 0 aliphatic heterocycles. The van der Waals surface area contributed by atoms with Gasteiger partial charge in [-0.05, 0) is 30.9 Å². The van der Waals surface area contributed by atoms with Gasteiger partial charge < -0.3 is 19.9 Å². The average molecular weight is 343 g/mol. The number of fused-ring (bicyclic) bond motifs is 1. The fourth-order valence-electron chi connectivity index (χ4n) is 3.32. The number of nitrogens with one attached hydrogen (secondary N) is 1. The minimum Gasteiger partial charge on any atom is -0.390 e. The molecule has 1 fully saturated rings. The van der Waals surface area contributed by atoms with Crippen molar-refractivity contribution in [3.63, 3.8) is 0 Å². The molecule has 1 aliphatic rings. The van der Waals surface area contributed by atoms with Crippen LogP contribution < -0.4 is 5.32 Å². The summed E-state index contributed by atoms with van der Waals surface area (Å²) in [6.07, 6.45) is -2.06. The third-order valence-electron chi connectivity index (χ3n) is 4.75. The molecule has 3 rings (SSSR count). The Morgan fingerprint density at radius 1 is 1.29 bits per heavy atom. The van der Waals surface area contributed by atoms with Crippen LogP contribution in [0.5, 0.6) is 0 Å². The lowest BCUT2D eigenvalue weighted by Gasteiger charge is -2.38. The Kier molecular flexibility index (Phi) is 4.44. The first-order chi connectivity index (χ1) is 11.3. The first-order valence-electron chi connectivity index (χ1n) is 7.99. The van der Waals surface area contributed by atoms with Gasteiger partial charge in [0, 0.05) is 12.4 Å². The van der Waals surface area contributed by atoms with Gasteiger partial charge in [-0.2, -0.15) is 13.2 Å². The van der Waals surface area contributed by atoms with Crippen LogP contribution in [-0.4, -0.2) is 37.8 Å². The number of alkyl halides is 3. The maximum Gasteiger partial charge on any atom is 0.434 e. The molecule has 1 saturated carbocycles. The fourth-order valence-corrected chi connectivity index (χ4v) is 3.32. The third-order valence-corrected chi connectivity index (χ3v) is 4.75. The monoisotopic (exact) mass is 343 g/mol. The van der Waals surface area contributed by atoms with Gasteiger partial charge in [0.15, 0.2) is 11.5 Å². The lowest BCUT2D eigenvalue weighted by molar-refractivity contribution is -0.141. The Bertz CT molecular complexity index is 716. The molecule has 8 heteroatoms. The van der Waals surface area contributed by atoms with Crippen molar-refractivity contribution in [3.8, 4) is 0 Å². The van der Waals surface area contributed by atoms with Crippen LogP contribution in [0.25, 0.3) is 5.52 Å². The quantitative estimate of drug-likeness (QED) is 0.801. The van der Waals surface area contributed by atoms with E-state index in [1.807, 2.05) is 6.92 Å². The van der Waals surface area contributed by atoms with Crippen molar-refractivity contribution in [2.24, 2.45) is 5.92 Å².